The zero-order valence-electron chi connectivity index (χ0n) is 18.4. The average molecular weight is 432 g/mol. The Balaban J connectivity index is 1.38. The van der Waals surface area contributed by atoms with Crippen LogP contribution in [0.2, 0.25) is 0 Å². The standard InChI is InChI=1S/C23H37N5OS/c1-3-24-23(25-11-7-8-12-28-15-13-27(4-2)14-16-28)26-18-20(29)22-17-19-9-5-6-10-21(19)30-22/h5-6,9-10,17,20,29H,3-4,7-8,11-16,18H2,1-2H3,(H2,24,25,26). The fraction of sp³-hybridized carbons (Fsp3) is 0.609. The molecule has 3 N–H and O–H groups in total. The molecular formula is C23H37N5OS. The van der Waals surface area contributed by atoms with Crippen LogP contribution in [0.25, 0.3) is 10.1 Å². The number of nitrogens with one attached hydrogen (secondary N) is 2. The first kappa shape index (κ1) is 23.0. The van der Waals surface area contributed by atoms with Crippen LogP contribution in [0.5, 0.6) is 0 Å². The van der Waals surface area contributed by atoms with E-state index in [1.54, 1.807) is 11.3 Å². The summed E-state index contributed by atoms with van der Waals surface area (Å²) in [7, 11) is 0. The second kappa shape index (κ2) is 12.2. The van der Waals surface area contributed by atoms with Crippen molar-refractivity contribution < 1.29 is 5.11 Å². The van der Waals surface area contributed by atoms with Gasteiger partial charge in [0.2, 0.25) is 0 Å². The minimum Gasteiger partial charge on any atom is -0.386 e. The quantitative estimate of drug-likeness (QED) is 0.307. The Hall–Kier alpha value is -1.67. The first-order chi connectivity index (χ1) is 14.7. The molecular weight excluding hydrogens is 394 g/mol. The van der Waals surface area contributed by atoms with E-state index in [1.165, 1.54) is 55.8 Å². The maximum atomic E-state index is 10.6. The van der Waals surface area contributed by atoms with Gasteiger partial charge in [0.05, 0.1) is 6.54 Å². The van der Waals surface area contributed by atoms with Gasteiger partial charge in [-0.25, -0.2) is 0 Å². The summed E-state index contributed by atoms with van der Waals surface area (Å²) in [5.74, 6) is 0.786. The van der Waals surface area contributed by atoms with Crippen LogP contribution in [0.1, 0.15) is 37.7 Å². The summed E-state index contributed by atoms with van der Waals surface area (Å²) in [5, 5.41) is 18.4. The molecule has 166 valence electrons. The van der Waals surface area contributed by atoms with Crippen LogP contribution in [0, 0.1) is 0 Å². The number of rotatable bonds is 10. The highest BCUT2D eigenvalue weighted by Gasteiger charge is 2.14. The molecule has 0 saturated carbocycles. The van der Waals surface area contributed by atoms with Crippen molar-refractivity contribution in [1.82, 2.24) is 20.4 Å². The molecule has 1 aromatic carbocycles. The Morgan fingerprint density at radius 3 is 2.60 bits per heavy atom. The molecule has 0 bridgehead atoms. The second-order valence-corrected chi connectivity index (χ2v) is 8.95. The van der Waals surface area contributed by atoms with Crippen molar-refractivity contribution in [2.45, 2.75) is 32.8 Å². The zero-order valence-corrected chi connectivity index (χ0v) is 19.3. The molecule has 30 heavy (non-hydrogen) atoms. The number of fused-ring (bicyclic) bond motifs is 1. The number of thiophene rings is 1. The first-order valence-electron chi connectivity index (χ1n) is 11.3. The van der Waals surface area contributed by atoms with Crippen molar-refractivity contribution in [2.75, 3.05) is 58.9 Å². The van der Waals surface area contributed by atoms with E-state index in [1.807, 2.05) is 12.1 Å². The number of aliphatic imine (C=N–C) groups is 1. The maximum absolute atomic E-state index is 10.6. The summed E-state index contributed by atoms with van der Waals surface area (Å²) in [5.41, 5.74) is 0. The molecule has 1 aliphatic heterocycles. The molecule has 3 rings (SSSR count). The van der Waals surface area contributed by atoms with Gasteiger partial charge in [-0.3, -0.25) is 4.99 Å². The molecule has 1 saturated heterocycles. The smallest absolute Gasteiger partial charge is 0.191 e. The summed E-state index contributed by atoms with van der Waals surface area (Å²) in [6.07, 6.45) is 1.75. The van der Waals surface area contributed by atoms with Crippen LogP contribution < -0.4 is 10.6 Å². The van der Waals surface area contributed by atoms with Crippen LogP contribution >= 0.6 is 11.3 Å². The average Bonchev–Trinajstić information content (AvgIpc) is 3.22. The molecule has 2 aromatic rings. The highest BCUT2D eigenvalue weighted by Crippen LogP contribution is 2.29. The molecule has 0 aliphatic carbocycles. The number of guanidine groups is 1. The molecule has 0 amide bonds. The van der Waals surface area contributed by atoms with Gasteiger partial charge in [0.1, 0.15) is 6.10 Å². The van der Waals surface area contributed by atoms with E-state index in [0.717, 1.165) is 30.3 Å². The van der Waals surface area contributed by atoms with Crippen molar-refractivity contribution in [1.29, 1.82) is 0 Å². The van der Waals surface area contributed by atoms with E-state index in [-0.39, 0.29) is 0 Å². The lowest BCUT2D eigenvalue weighted by molar-refractivity contribution is 0.136. The minimum atomic E-state index is -0.570. The van der Waals surface area contributed by atoms with E-state index >= 15 is 0 Å². The third kappa shape index (κ3) is 6.94. The molecule has 6 nitrogen and oxygen atoms in total. The Bertz CT molecular complexity index is 752. The van der Waals surface area contributed by atoms with Gasteiger partial charge < -0.3 is 25.5 Å². The second-order valence-electron chi connectivity index (χ2n) is 7.83. The van der Waals surface area contributed by atoms with E-state index in [4.69, 9.17) is 0 Å². The van der Waals surface area contributed by atoms with Crippen molar-refractivity contribution in [3.05, 3.63) is 35.2 Å². The van der Waals surface area contributed by atoms with Crippen LogP contribution in [0.4, 0.5) is 0 Å². The number of aliphatic hydroxyl groups excluding tert-OH is 1. The molecule has 2 heterocycles. The molecule has 1 fully saturated rings. The monoisotopic (exact) mass is 431 g/mol. The lowest BCUT2D eigenvalue weighted by atomic mass is 10.2. The third-order valence-electron chi connectivity index (χ3n) is 5.65. The Morgan fingerprint density at radius 2 is 1.87 bits per heavy atom. The van der Waals surface area contributed by atoms with E-state index in [0.29, 0.717) is 6.54 Å². The summed E-state index contributed by atoms with van der Waals surface area (Å²) >= 11 is 1.64. The lowest BCUT2D eigenvalue weighted by Crippen LogP contribution is -2.46. The van der Waals surface area contributed by atoms with E-state index in [9.17, 15) is 5.11 Å². The van der Waals surface area contributed by atoms with E-state index < -0.39 is 6.10 Å². The third-order valence-corrected chi connectivity index (χ3v) is 6.86. The number of aliphatic hydroxyl groups is 1. The number of hydrogen-bond donors (Lipinski definition) is 3. The number of piperazine rings is 1. The van der Waals surface area contributed by atoms with Crippen molar-refractivity contribution >= 4 is 27.4 Å². The largest absolute Gasteiger partial charge is 0.386 e. The van der Waals surface area contributed by atoms with Gasteiger partial charge >= 0.3 is 0 Å². The molecule has 1 aliphatic rings. The summed E-state index contributed by atoms with van der Waals surface area (Å²) in [6.45, 7) is 13.5. The Kier molecular flexibility index (Phi) is 9.39. The lowest BCUT2D eigenvalue weighted by Gasteiger charge is -2.34. The van der Waals surface area contributed by atoms with Crippen LogP contribution in [-0.2, 0) is 0 Å². The number of hydrogen-bond acceptors (Lipinski definition) is 5. The van der Waals surface area contributed by atoms with Gasteiger partial charge in [-0.2, -0.15) is 0 Å². The fourth-order valence-corrected chi connectivity index (χ4v) is 4.81. The fourth-order valence-electron chi connectivity index (χ4n) is 3.77. The number of unbranched alkanes of at least 4 members (excludes halogenated alkanes) is 1. The van der Waals surface area contributed by atoms with Crippen molar-refractivity contribution in [2.24, 2.45) is 4.99 Å². The summed E-state index contributed by atoms with van der Waals surface area (Å²) in [6, 6.07) is 10.3. The topological polar surface area (TPSA) is 63.1 Å². The Labute approximate surface area is 185 Å². The number of likely N-dealkylation sites (N-methyl/N-ethyl adjacent to an activating group) is 1. The number of nitrogens with zero attached hydrogens (tertiary/aromatic N) is 3. The normalized spacial score (nSPS) is 17.4. The predicted molar refractivity (Wildman–Crippen MR) is 129 cm³/mol. The molecule has 7 heteroatoms. The van der Waals surface area contributed by atoms with Crippen molar-refractivity contribution in [3.8, 4) is 0 Å². The molecule has 1 unspecified atom stereocenters. The van der Waals surface area contributed by atoms with Gasteiger partial charge in [-0.1, -0.05) is 25.1 Å². The Morgan fingerprint density at radius 1 is 1.10 bits per heavy atom. The van der Waals surface area contributed by atoms with Gasteiger partial charge in [-0.05, 0) is 50.4 Å². The van der Waals surface area contributed by atoms with Gasteiger partial charge in [-0.15, -0.1) is 11.3 Å². The number of benzene rings is 1. The first-order valence-corrected chi connectivity index (χ1v) is 12.1. The highest BCUT2D eigenvalue weighted by molar-refractivity contribution is 7.19. The van der Waals surface area contributed by atoms with Crippen molar-refractivity contribution in [3.63, 3.8) is 0 Å². The molecule has 0 radical (unpaired) electrons. The summed E-state index contributed by atoms with van der Waals surface area (Å²) < 4.78 is 1.21. The SMILES string of the molecule is CCNC(=NCC(O)c1cc2ccccc2s1)NCCCCN1CCN(CC)CC1. The van der Waals surface area contributed by atoms with Crippen LogP contribution in [0.3, 0.4) is 0 Å². The van der Waals surface area contributed by atoms with Crippen LogP contribution in [0.15, 0.2) is 35.3 Å². The molecule has 1 aromatic heterocycles. The van der Waals surface area contributed by atoms with E-state index in [2.05, 4.69) is 57.5 Å². The predicted octanol–water partition coefficient (Wildman–Crippen LogP) is 2.91. The minimum absolute atomic E-state index is 0.365. The maximum Gasteiger partial charge on any atom is 0.191 e. The molecule has 1 atom stereocenters. The molecule has 0 spiro atoms. The van der Waals surface area contributed by atoms with Gasteiger partial charge in [0.15, 0.2) is 5.96 Å². The van der Waals surface area contributed by atoms with Gasteiger partial charge in [0, 0.05) is 48.8 Å². The zero-order chi connectivity index (χ0) is 21.2. The highest BCUT2D eigenvalue weighted by atomic mass is 32.1. The summed E-state index contributed by atoms with van der Waals surface area (Å²) in [4.78, 5) is 10.7. The van der Waals surface area contributed by atoms with Gasteiger partial charge in [0.25, 0.3) is 0 Å². The van der Waals surface area contributed by atoms with Crippen LogP contribution in [-0.4, -0.2) is 79.8 Å².